The van der Waals surface area contributed by atoms with Gasteiger partial charge in [-0.3, -0.25) is 4.90 Å². The second-order valence-electron chi connectivity index (χ2n) is 6.85. The van der Waals surface area contributed by atoms with Crippen LogP contribution in [0.4, 0.5) is 0 Å². The summed E-state index contributed by atoms with van der Waals surface area (Å²) in [6.45, 7) is 7.74. The maximum absolute atomic E-state index is 5.82. The highest BCUT2D eigenvalue weighted by molar-refractivity contribution is 5.27. The van der Waals surface area contributed by atoms with Gasteiger partial charge < -0.3 is 10.1 Å². The van der Waals surface area contributed by atoms with Gasteiger partial charge >= 0.3 is 0 Å². The zero-order valence-corrected chi connectivity index (χ0v) is 15.0. The van der Waals surface area contributed by atoms with Crippen LogP contribution in [0.1, 0.15) is 51.0 Å². The summed E-state index contributed by atoms with van der Waals surface area (Å²) in [5, 5.41) is 3.32. The van der Waals surface area contributed by atoms with E-state index in [4.69, 9.17) is 4.74 Å². The molecule has 0 amide bonds. The minimum absolute atomic E-state index is 0.805. The Bertz CT molecular complexity index is 416. The van der Waals surface area contributed by atoms with E-state index in [0.29, 0.717) is 0 Å². The van der Waals surface area contributed by atoms with E-state index in [1.807, 2.05) is 0 Å². The van der Waals surface area contributed by atoms with Gasteiger partial charge in [0.1, 0.15) is 5.75 Å². The highest BCUT2D eigenvalue weighted by atomic mass is 16.5. The monoisotopic (exact) mass is 318 g/mol. The number of nitrogens with zero attached hydrogens (tertiary/aromatic N) is 1. The van der Waals surface area contributed by atoms with Crippen molar-refractivity contribution in [3.05, 3.63) is 29.8 Å². The zero-order valence-electron chi connectivity index (χ0n) is 15.0. The summed E-state index contributed by atoms with van der Waals surface area (Å²) in [4.78, 5) is 2.59. The van der Waals surface area contributed by atoms with Crippen LogP contribution >= 0.6 is 0 Å². The van der Waals surface area contributed by atoms with Gasteiger partial charge in [-0.2, -0.15) is 0 Å². The molecule has 3 nitrogen and oxygen atoms in total. The van der Waals surface area contributed by atoms with Gasteiger partial charge in [0.2, 0.25) is 0 Å². The van der Waals surface area contributed by atoms with E-state index in [1.54, 1.807) is 0 Å². The SMILES string of the molecule is CCCCCCOc1ccc(CN2CCCC(CNC)C2)cc1. The Morgan fingerprint density at radius 1 is 1.17 bits per heavy atom. The fourth-order valence-corrected chi connectivity index (χ4v) is 3.42. The molecule has 1 aromatic rings. The smallest absolute Gasteiger partial charge is 0.119 e. The van der Waals surface area contributed by atoms with E-state index in [2.05, 4.69) is 48.5 Å². The van der Waals surface area contributed by atoms with Crippen LogP contribution in [0.15, 0.2) is 24.3 Å². The maximum atomic E-state index is 5.82. The van der Waals surface area contributed by atoms with E-state index in [-0.39, 0.29) is 0 Å². The van der Waals surface area contributed by atoms with Crippen LogP contribution in [0.5, 0.6) is 5.75 Å². The van der Waals surface area contributed by atoms with E-state index < -0.39 is 0 Å². The Kier molecular flexibility index (Phi) is 8.48. The molecular weight excluding hydrogens is 284 g/mol. The molecule has 1 saturated heterocycles. The molecule has 0 saturated carbocycles. The molecule has 1 fully saturated rings. The second kappa shape index (κ2) is 10.7. The molecule has 0 bridgehead atoms. The molecule has 1 heterocycles. The first kappa shape index (κ1) is 18.3. The van der Waals surface area contributed by atoms with Crippen LogP contribution in [-0.4, -0.2) is 38.2 Å². The normalized spacial score (nSPS) is 19.0. The molecule has 1 aliphatic heterocycles. The van der Waals surface area contributed by atoms with Crippen LogP contribution < -0.4 is 10.1 Å². The topological polar surface area (TPSA) is 24.5 Å². The minimum atomic E-state index is 0.805. The molecule has 130 valence electrons. The van der Waals surface area contributed by atoms with Crippen LogP contribution in [0.25, 0.3) is 0 Å². The number of rotatable bonds is 10. The molecule has 0 aromatic heterocycles. The van der Waals surface area contributed by atoms with Crippen molar-refractivity contribution in [1.29, 1.82) is 0 Å². The third-order valence-electron chi connectivity index (χ3n) is 4.69. The lowest BCUT2D eigenvalue weighted by Gasteiger charge is -2.32. The van der Waals surface area contributed by atoms with Gasteiger partial charge in [-0.25, -0.2) is 0 Å². The largest absolute Gasteiger partial charge is 0.494 e. The van der Waals surface area contributed by atoms with Crippen LogP contribution in [0, 0.1) is 5.92 Å². The van der Waals surface area contributed by atoms with Crippen molar-refractivity contribution in [2.24, 2.45) is 5.92 Å². The van der Waals surface area contributed by atoms with Crippen molar-refractivity contribution in [3.63, 3.8) is 0 Å². The first-order valence-electron chi connectivity index (χ1n) is 9.40. The highest BCUT2D eigenvalue weighted by Gasteiger charge is 2.19. The quantitative estimate of drug-likeness (QED) is 0.658. The van der Waals surface area contributed by atoms with Crippen molar-refractivity contribution in [2.75, 3.05) is 33.3 Å². The molecule has 3 heteroatoms. The van der Waals surface area contributed by atoms with Gasteiger partial charge in [0.05, 0.1) is 6.61 Å². The van der Waals surface area contributed by atoms with Crippen molar-refractivity contribution in [3.8, 4) is 5.75 Å². The number of ether oxygens (including phenoxy) is 1. The molecule has 0 aliphatic carbocycles. The Hall–Kier alpha value is -1.06. The van der Waals surface area contributed by atoms with Crippen molar-refractivity contribution in [2.45, 2.75) is 52.0 Å². The molecule has 2 rings (SSSR count). The fraction of sp³-hybridized carbons (Fsp3) is 0.700. The first-order chi connectivity index (χ1) is 11.3. The number of hydrogen-bond acceptors (Lipinski definition) is 3. The molecule has 23 heavy (non-hydrogen) atoms. The number of nitrogens with one attached hydrogen (secondary N) is 1. The summed E-state index contributed by atoms with van der Waals surface area (Å²) in [5.74, 6) is 1.82. The zero-order chi connectivity index (χ0) is 16.3. The molecule has 1 aliphatic rings. The Labute approximate surface area is 142 Å². The van der Waals surface area contributed by atoms with E-state index in [1.165, 1.54) is 50.8 Å². The van der Waals surface area contributed by atoms with Gasteiger partial charge in [-0.15, -0.1) is 0 Å². The van der Waals surface area contributed by atoms with Crippen molar-refractivity contribution in [1.82, 2.24) is 10.2 Å². The van der Waals surface area contributed by atoms with Crippen LogP contribution in [0.2, 0.25) is 0 Å². The number of likely N-dealkylation sites (tertiary alicyclic amines) is 1. The summed E-state index contributed by atoms with van der Waals surface area (Å²) in [7, 11) is 2.06. The molecule has 1 atom stereocenters. The van der Waals surface area contributed by atoms with Gasteiger partial charge in [0.15, 0.2) is 0 Å². The maximum Gasteiger partial charge on any atom is 0.119 e. The predicted molar refractivity (Wildman–Crippen MR) is 98.0 cm³/mol. The molecule has 0 radical (unpaired) electrons. The van der Waals surface area contributed by atoms with Crippen LogP contribution in [-0.2, 0) is 6.54 Å². The van der Waals surface area contributed by atoms with Gasteiger partial charge in [0, 0.05) is 13.1 Å². The number of hydrogen-bond donors (Lipinski definition) is 1. The third kappa shape index (κ3) is 6.92. The Morgan fingerprint density at radius 2 is 2.00 bits per heavy atom. The standard InChI is InChI=1S/C20H34N2O/c1-3-4-5-6-14-23-20-11-9-18(10-12-20)16-22-13-7-8-19(17-22)15-21-2/h9-12,19,21H,3-8,13-17H2,1-2H3. The lowest BCUT2D eigenvalue weighted by Crippen LogP contribution is -2.38. The second-order valence-corrected chi connectivity index (χ2v) is 6.85. The Balaban J connectivity index is 1.71. The predicted octanol–water partition coefficient (Wildman–Crippen LogP) is 4.08. The Morgan fingerprint density at radius 3 is 2.74 bits per heavy atom. The molecule has 1 aromatic carbocycles. The summed E-state index contributed by atoms with van der Waals surface area (Å²) in [5.41, 5.74) is 1.40. The first-order valence-corrected chi connectivity index (χ1v) is 9.40. The van der Waals surface area contributed by atoms with Crippen molar-refractivity contribution < 1.29 is 4.74 Å². The molecule has 1 unspecified atom stereocenters. The van der Waals surface area contributed by atoms with Gasteiger partial charge in [-0.1, -0.05) is 38.3 Å². The lowest BCUT2D eigenvalue weighted by molar-refractivity contribution is 0.167. The average Bonchev–Trinajstić information content (AvgIpc) is 2.57. The highest BCUT2D eigenvalue weighted by Crippen LogP contribution is 2.19. The average molecular weight is 319 g/mol. The van der Waals surface area contributed by atoms with Crippen LogP contribution in [0.3, 0.4) is 0 Å². The number of unbranched alkanes of at least 4 members (excludes halogenated alkanes) is 3. The van der Waals surface area contributed by atoms with E-state index in [9.17, 15) is 0 Å². The number of piperidine rings is 1. The summed E-state index contributed by atoms with van der Waals surface area (Å²) < 4.78 is 5.82. The minimum Gasteiger partial charge on any atom is -0.494 e. The van der Waals surface area contributed by atoms with E-state index >= 15 is 0 Å². The third-order valence-corrected chi connectivity index (χ3v) is 4.69. The molecule has 1 N–H and O–H groups in total. The lowest BCUT2D eigenvalue weighted by atomic mass is 9.97. The molecular formula is C20H34N2O. The van der Waals surface area contributed by atoms with E-state index in [0.717, 1.165) is 37.8 Å². The van der Waals surface area contributed by atoms with Gasteiger partial charge in [0.25, 0.3) is 0 Å². The summed E-state index contributed by atoms with van der Waals surface area (Å²) in [6, 6.07) is 8.71. The van der Waals surface area contributed by atoms with Gasteiger partial charge in [-0.05, 0) is 63.0 Å². The fourth-order valence-electron chi connectivity index (χ4n) is 3.42. The summed E-state index contributed by atoms with van der Waals surface area (Å²) >= 11 is 0. The van der Waals surface area contributed by atoms with Crippen molar-refractivity contribution >= 4 is 0 Å². The molecule has 0 spiro atoms. The number of benzene rings is 1. The summed E-state index contributed by atoms with van der Waals surface area (Å²) in [6.07, 6.45) is 7.72.